The number of aryl methyl sites for hydroxylation is 1. The van der Waals surface area contributed by atoms with Crippen LogP contribution < -0.4 is 10.2 Å². The zero-order valence-electron chi connectivity index (χ0n) is 20.8. The predicted octanol–water partition coefficient (Wildman–Crippen LogP) is 6.00. The van der Waals surface area contributed by atoms with Gasteiger partial charge in [-0.15, -0.1) is 0 Å². The number of hydrazine groups is 1. The molecule has 5 heteroatoms. The van der Waals surface area contributed by atoms with Crippen LogP contribution in [-0.2, 0) is 19.4 Å². The molecule has 2 aromatic rings. The number of carbonyl (C=O) groups is 1. The van der Waals surface area contributed by atoms with Gasteiger partial charge in [0.1, 0.15) is 5.75 Å². The molecular weight excluding hydrogens is 410 g/mol. The number of carbonyl (C=O) groups excluding carboxylic acids is 1. The first-order valence-corrected chi connectivity index (χ1v) is 13.1. The molecule has 180 valence electrons. The fourth-order valence-electron chi connectivity index (χ4n) is 5.67. The van der Waals surface area contributed by atoms with Gasteiger partial charge in [0, 0.05) is 36.6 Å². The van der Waals surface area contributed by atoms with Crippen LogP contribution in [0.5, 0.6) is 5.75 Å². The molecule has 2 aliphatic rings. The number of aromatic nitrogens is 1. The van der Waals surface area contributed by atoms with Crippen molar-refractivity contribution in [2.45, 2.75) is 84.6 Å². The van der Waals surface area contributed by atoms with Crippen molar-refractivity contribution in [2.75, 3.05) is 20.2 Å². The first-order chi connectivity index (χ1) is 16.1. The highest BCUT2D eigenvalue weighted by molar-refractivity contribution is 5.97. The Morgan fingerprint density at radius 1 is 1.00 bits per heavy atom. The Labute approximate surface area is 199 Å². The summed E-state index contributed by atoms with van der Waals surface area (Å²) in [5, 5.41) is 2.10. The summed E-state index contributed by atoms with van der Waals surface area (Å²) >= 11 is 0. The highest BCUT2D eigenvalue weighted by Gasteiger charge is 2.25. The summed E-state index contributed by atoms with van der Waals surface area (Å²) in [7, 11) is 1.72. The van der Waals surface area contributed by atoms with E-state index in [4.69, 9.17) is 4.74 Å². The van der Waals surface area contributed by atoms with Crippen LogP contribution >= 0.6 is 0 Å². The zero-order valence-corrected chi connectivity index (χ0v) is 20.8. The molecule has 1 N–H and O–H groups in total. The number of amides is 1. The van der Waals surface area contributed by atoms with Gasteiger partial charge < -0.3 is 9.30 Å². The van der Waals surface area contributed by atoms with Gasteiger partial charge in [-0.3, -0.25) is 10.2 Å². The van der Waals surface area contributed by atoms with Gasteiger partial charge in [-0.05, 0) is 68.2 Å². The van der Waals surface area contributed by atoms with Gasteiger partial charge in [0.2, 0.25) is 0 Å². The summed E-state index contributed by atoms with van der Waals surface area (Å²) in [6, 6.07) is 8.51. The highest BCUT2D eigenvalue weighted by atomic mass is 16.5. The normalized spacial score (nSPS) is 17.8. The van der Waals surface area contributed by atoms with E-state index < -0.39 is 0 Å². The van der Waals surface area contributed by atoms with E-state index in [-0.39, 0.29) is 5.91 Å². The minimum absolute atomic E-state index is 0.0401. The number of piperidine rings is 1. The zero-order chi connectivity index (χ0) is 23.2. The molecule has 1 saturated carbocycles. The van der Waals surface area contributed by atoms with Gasteiger partial charge in [0.15, 0.2) is 0 Å². The van der Waals surface area contributed by atoms with Crippen LogP contribution in [0.1, 0.15) is 86.8 Å². The predicted molar refractivity (Wildman–Crippen MR) is 135 cm³/mol. The van der Waals surface area contributed by atoms with E-state index in [0.29, 0.717) is 5.92 Å². The summed E-state index contributed by atoms with van der Waals surface area (Å²) in [6.07, 6.45) is 11.9. The molecule has 1 amide bonds. The third-order valence-electron chi connectivity index (χ3n) is 7.54. The maximum Gasteiger partial charge on any atom is 0.267 e. The lowest BCUT2D eigenvalue weighted by Gasteiger charge is -2.27. The van der Waals surface area contributed by atoms with Crippen molar-refractivity contribution in [3.63, 3.8) is 0 Å². The molecule has 0 unspecified atom stereocenters. The Balaban J connectivity index is 1.76. The largest absolute Gasteiger partial charge is 0.497 e. The van der Waals surface area contributed by atoms with Gasteiger partial charge in [0.05, 0.1) is 12.7 Å². The SMILES string of the molecule is CCc1ccc(OC)cc1-c1cc(C(=O)NN2CCCCC2)c(CC)n1CC1CCCCC1. The molecule has 2 heterocycles. The summed E-state index contributed by atoms with van der Waals surface area (Å²) in [5.74, 6) is 1.59. The first-order valence-electron chi connectivity index (χ1n) is 13.1. The van der Waals surface area contributed by atoms with Crippen LogP contribution in [-0.4, -0.2) is 35.7 Å². The van der Waals surface area contributed by atoms with Crippen molar-refractivity contribution in [2.24, 2.45) is 5.92 Å². The van der Waals surface area contributed by atoms with Gasteiger partial charge in [-0.2, -0.15) is 0 Å². The second-order valence-corrected chi connectivity index (χ2v) is 9.72. The summed E-state index contributed by atoms with van der Waals surface area (Å²) in [6.45, 7) is 7.26. The minimum atomic E-state index is 0.0401. The summed E-state index contributed by atoms with van der Waals surface area (Å²) in [5.41, 5.74) is 8.86. The molecule has 5 nitrogen and oxygen atoms in total. The number of methoxy groups -OCH3 is 1. The van der Waals surface area contributed by atoms with E-state index in [1.807, 2.05) is 6.07 Å². The third kappa shape index (κ3) is 5.46. The lowest BCUT2D eigenvalue weighted by molar-refractivity contribution is 0.0749. The topological polar surface area (TPSA) is 46.5 Å². The molecular formula is C28H41N3O2. The average Bonchev–Trinajstić information content (AvgIpc) is 3.23. The number of ether oxygens (including phenoxy) is 1. The highest BCUT2D eigenvalue weighted by Crippen LogP contribution is 2.35. The Hall–Kier alpha value is -2.27. The molecule has 0 radical (unpaired) electrons. The van der Waals surface area contributed by atoms with E-state index in [0.717, 1.165) is 68.0 Å². The fraction of sp³-hybridized carbons (Fsp3) is 0.607. The number of rotatable bonds is 8. The van der Waals surface area contributed by atoms with Crippen molar-refractivity contribution in [1.29, 1.82) is 0 Å². The molecule has 1 aliphatic carbocycles. The number of benzene rings is 1. The summed E-state index contributed by atoms with van der Waals surface area (Å²) in [4.78, 5) is 13.5. The quantitative estimate of drug-likeness (QED) is 0.535. The Kier molecular flexibility index (Phi) is 8.13. The Bertz CT molecular complexity index is 937. The monoisotopic (exact) mass is 451 g/mol. The van der Waals surface area contributed by atoms with Crippen molar-refractivity contribution < 1.29 is 9.53 Å². The van der Waals surface area contributed by atoms with Crippen molar-refractivity contribution in [1.82, 2.24) is 15.0 Å². The van der Waals surface area contributed by atoms with E-state index in [1.54, 1.807) is 7.11 Å². The van der Waals surface area contributed by atoms with Gasteiger partial charge in [-0.1, -0.05) is 45.6 Å². The van der Waals surface area contributed by atoms with E-state index in [9.17, 15) is 4.79 Å². The standard InChI is InChI=1S/C28H41N3O2/c1-4-22-14-15-23(33-3)18-24(22)27-19-25(28(32)29-30-16-10-7-11-17-30)26(5-2)31(27)20-21-12-8-6-9-13-21/h14-15,18-19,21H,4-13,16-17,20H2,1-3H3,(H,29,32). The molecule has 0 spiro atoms. The van der Waals surface area contributed by atoms with Crippen LogP contribution in [0.4, 0.5) is 0 Å². The van der Waals surface area contributed by atoms with E-state index >= 15 is 0 Å². The lowest BCUT2D eigenvalue weighted by atomic mass is 9.89. The van der Waals surface area contributed by atoms with Crippen LogP contribution in [0.15, 0.2) is 24.3 Å². The molecule has 33 heavy (non-hydrogen) atoms. The molecule has 1 aliphatic heterocycles. The van der Waals surface area contributed by atoms with E-state index in [1.165, 1.54) is 49.7 Å². The van der Waals surface area contributed by atoms with Crippen molar-refractivity contribution >= 4 is 5.91 Å². The second-order valence-electron chi connectivity index (χ2n) is 9.72. The molecule has 4 rings (SSSR count). The lowest BCUT2D eigenvalue weighted by Crippen LogP contribution is -2.45. The Morgan fingerprint density at radius 3 is 2.39 bits per heavy atom. The molecule has 0 bridgehead atoms. The molecule has 0 atom stereocenters. The van der Waals surface area contributed by atoms with Gasteiger partial charge in [0.25, 0.3) is 5.91 Å². The van der Waals surface area contributed by atoms with Gasteiger partial charge >= 0.3 is 0 Å². The number of hydrogen-bond donors (Lipinski definition) is 1. The maximum absolute atomic E-state index is 13.5. The smallest absolute Gasteiger partial charge is 0.267 e. The molecule has 2 fully saturated rings. The number of nitrogens with one attached hydrogen (secondary N) is 1. The van der Waals surface area contributed by atoms with Crippen molar-refractivity contribution in [3.8, 4) is 17.0 Å². The second kappa shape index (κ2) is 11.2. The van der Waals surface area contributed by atoms with Crippen LogP contribution in [0.25, 0.3) is 11.3 Å². The van der Waals surface area contributed by atoms with Crippen LogP contribution in [0, 0.1) is 5.92 Å². The van der Waals surface area contributed by atoms with Crippen LogP contribution in [0.3, 0.4) is 0 Å². The van der Waals surface area contributed by atoms with Gasteiger partial charge in [-0.25, -0.2) is 5.01 Å². The number of hydrogen-bond acceptors (Lipinski definition) is 3. The minimum Gasteiger partial charge on any atom is -0.497 e. The summed E-state index contributed by atoms with van der Waals surface area (Å²) < 4.78 is 8.05. The third-order valence-corrected chi connectivity index (χ3v) is 7.54. The van der Waals surface area contributed by atoms with Crippen LogP contribution in [0.2, 0.25) is 0 Å². The van der Waals surface area contributed by atoms with Crippen molar-refractivity contribution in [3.05, 3.63) is 41.1 Å². The fourth-order valence-corrected chi connectivity index (χ4v) is 5.67. The first kappa shape index (κ1) is 23.9. The average molecular weight is 452 g/mol. The Morgan fingerprint density at radius 2 is 1.73 bits per heavy atom. The van der Waals surface area contributed by atoms with E-state index in [2.05, 4.69) is 47.0 Å². The molecule has 1 saturated heterocycles. The molecule has 1 aromatic carbocycles. The number of nitrogens with zero attached hydrogens (tertiary/aromatic N) is 2. The maximum atomic E-state index is 13.5. The molecule has 1 aromatic heterocycles.